The summed E-state index contributed by atoms with van der Waals surface area (Å²) in [6.45, 7) is 0. The molecule has 0 aliphatic carbocycles. The molecule has 104 valence electrons. The Bertz CT molecular complexity index is 768. The number of allylic oxidation sites excluding steroid dienone is 1. The molecule has 21 heavy (non-hydrogen) atoms. The first-order valence-corrected chi connectivity index (χ1v) is 6.44. The van der Waals surface area contributed by atoms with Crippen LogP contribution in [0.5, 0.6) is 0 Å². The number of hydrogen-bond donors (Lipinski definition) is 0. The van der Waals surface area contributed by atoms with Gasteiger partial charge in [-0.15, -0.1) is 0 Å². The second-order valence-corrected chi connectivity index (χ2v) is 4.81. The van der Waals surface area contributed by atoms with E-state index in [1.807, 2.05) is 6.07 Å². The van der Waals surface area contributed by atoms with Crippen molar-refractivity contribution in [3.8, 4) is 6.07 Å². The van der Waals surface area contributed by atoms with Crippen molar-refractivity contribution in [2.45, 2.75) is 0 Å². The summed E-state index contributed by atoms with van der Waals surface area (Å²) in [7, 11) is 0. The van der Waals surface area contributed by atoms with E-state index >= 15 is 0 Å². The lowest BCUT2D eigenvalue weighted by Crippen LogP contribution is -1.91. The molecule has 0 bridgehead atoms. The fourth-order valence-electron chi connectivity index (χ4n) is 1.70. The molecule has 1 aromatic carbocycles. The summed E-state index contributed by atoms with van der Waals surface area (Å²) in [5, 5.41) is 20.4. The number of non-ortho nitro benzene ring substituents is 1. The number of nitrogens with zero attached hydrogens (tertiary/aromatic N) is 3. The van der Waals surface area contributed by atoms with Crippen molar-refractivity contribution >= 4 is 39.5 Å². The predicted molar refractivity (Wildman–Crippen MR) is 80.6 cm³/mol. The average Bonchev–Trinajstić information content (AvgIpc) is 2.48. The van der Waals surface area contributed by atoms with E-state index in [1.54, 1.807) is 18.3 Å². The third-order valence-electron chi connectivity index (χ3n) is 2.63. The predicted octanol–water partition coefficient (Wildman–Crippen LogP) is 4.27. The summed E-state index contributed by atoms with van der Waals surface area (Å²) in [5.41, 5.74) is 0.796. The number of aromatic nitrogens is 1. The van der Waals surface area contributed by atoms with Gasteiger partial charge in [-0.3, -0.25) is 15.1 Å². The molecule has 0 amide bonds. The quantitative estimate of drug-likeness (QED) is 0.480. The molecule has 7 heteroatoms. The van der Waals surface area contributed by atoms with Crippen LogP contribution < -0.4 is 0 Å². The SMILES string of the molecule is N#C/C(=C(\Cl)c1cc(Cl)cc([N+](=O)[O-])c1)c1cccnc1. The van der Waals surface area contributed by atoms with Crippen molar-refractivity contribution in [1.82, 2.24) is 4.98 Å². The molecule has 1 heterocycles. The molecule has 5 nitrogen and oxygen atoms in total. The Morgan fingerprint density at radius 1 is 1.33 bits per heavy atom. The Balaban J connectivity index is 2.61. The number of nitro groups is 1. The highest BCUT2D eigenvalue weighted by Crippen LogP contribution is 2.32. The van der Waals surface area contributed by atoms with E-state index in [4.69, 9.17) is 23.2 Å². The minimum absolute atomic E-state index is 0.0797. The highest BCUT2D eigenvalue weighted by atomic mass is 35.5. The monoisotopic (exact) mass is 319 g/mol. The van der Waals surface area contributed by atoms with Gasteiger partial charge in [-0.25, -0.2) is 0 Å². The molecule has 0 saturated heterocycles. The molecule has 0 spiro atoms. The van der Waals surface area contributed by atoms with Gasteiger partial charge in [-0.1, -0.05) is 29.3 Å². The summed E-state index contributed by atoms with van der Waals surface area (Å²) < 4.78 is 0. The van der Waals surface area contributed by atoms with Gasteiger partial charge in [-0.05, 0) is 12.1 Å². The molecular formula is C14H7Cl2N3O2. The van der Waals surface area contributed by atoms with Crippen LogP contribution in [-0.4, -0.2) is 9.91 Å². The van der Waals surface area contributed by atoms with Crippen molar-refractivity contribution in [3.05, 3.63) is 69.0 Å². The zero-order chi connectivity index (χ0) is 15.4. The lowest BCUT2D eigenvalue weighted by atomic mass is 10.0. The van der Waals surface area contributed by atoms with Gasteiger partial charge in [0.15, 0.2) is 0 Å². The molecule has 2 rings (SSSR count). The van der Waals surface area contributed by atoms with Gasteiger partial charge >= 0.3 is 0 Å². The van der Waals surface area contributed by atoms with E-state index in [1.165, 1.54) is 24.4 Å². The second kappa shape index (κ2) is 6.35. The fraction of sp³-hybridized carbons (Fsp3) is 0. The van der Waals surface area contributed by atoms with Crippen molar-refractivity contribution in [2.75, 3.05) is 0 Å². The van der Waals surface area contributed by atoms with Crippen LogP contribution in [0.25, 0.3) is 10.6 Å². The Hall–Kier alpha value is -2.42. The Labute approximate surface area is 130 Å². The second-order valence-electron chi connectivity index (χ2n) is 4.00. The molecule has 0 N–H and O–H groups in total. The molecule has 0 unspecified atom stereocenters. The van der Waals surface area contributed by atoms with Crippen molar-refractivity contribution < 1.29 is 4.92 Å². The summed E-state index contributed by atoms with van der Waals surface area (Å²) in [4.78, 5) is 14.2. The van der Waals surface area contributed by atoms with Crippen LogP contribution in [-0.2, 0) is 0 Å². The molecule has 1 aromatic heterocycles. The average molecular weight is 320 g/mol. The van der Waals surface area contributed by atoms with Crippen LogP contribution in [0.3, 0.4) is 0 Å². The van der Waals surface area contributed by atoms with Crippen LogP contribution in [0.2, 0.25) is 5.02 Å². The van der Waals surface area contributed by atoms with Gasteiger partial charge in [0.1, 0.15) is 6.07 Å². The number of rotatable bonds is 3. The number of nitro benzene ring substituents is 1. The van der Waals surface area contributed by atoms with Crippen LogP contribution in [0.1, 0.15) is 11.1 Å². The summed E-state index contributed by atoms with van der Waals surface area (Å²) in [6, 6.07) is 9.26. The zero-order valence-electron chi connectivity index (χ0n) is 10.5. The van der Waals surface area contributed by atoms with Gasteiger partial charge in [0.2, 0.25) is 0 Å². The standard InChI is InChI=1S/C14H7Cl2N3O2/c15-11-4-10(5-12(6-11)19(20)21)14(16)13(7-17)9-2-1-3-18-8-9/h1-6,8H/b14-13+. The Morgan fingerprint density at radius 2 is 2.10 bits per heavy atom. The van der Waals surface area contributed by atoms with Gasteiger partial charge in [-0.2, -0.15) is 5.26 Å². The summed E-state index contributed by atoms with van der Waals surface area (Å²) in [6.07, 6.45) is 3.05. The number of benzene rings is 1. The van der Waals surface area contributed by atoms with E-state index < -0.39 is 4.92 Å². The maximum atomic E-state index is 10.9. The van der Waals surface area contributed by atoms with E-state index in [2.05, 4.69) is 4.98 Å². The highest BCUT2D eigenvalue weighted by Gasteiger charge is 2.15. The van der Waals surface area contributed by atoms with Gasteiger partial charge < -0.3 is 0 Å². The molecule has 0 atom stereocenters. The maximum absolute atomic E-state index is 10.9. The van der Waals surface area contributed by atoms with Crippen LogP contribution in [0.15, 0.2) is 42.7 Å². The summed E-state index contributed by atoms with van der Waals surface area (Å²) >= 11 is 12.1. The number of hydrogen-bond acceptors (Lipinski definition) is 4. The van der Waals surface area contributed by atoms with Gasteiger partial charge in [0.25, 0.3) is 5.69 Å². The van der Waals surface area contributed by atoms with E-state index in [-0.39, 0.29) is 21.3 Å². The van der Waals surface area contributed by atoms with Crippen molar-refractivity contribution in [1.29, 1.82) is 5.26 Å². The minimum Gasteiger partial charge on any atom is -0.264 e. The van der Waals surface area contributed by atoms with Gasteiger partial charge in [0.05, 0.1) is 15.5 Å². The number of nitriles is 1. The van der Waals surface area contributed by atoms with E-state index in [0.717, 1.165) is 0 Å². The third kappa shape index (κ3) is 3.37. The van der Waals surface area contributed by atoms with Crippen molar-refractivity contribution in [2.24, 2.45) is 0 Å². The van der Waals surface area contributed by atoms with Crippen LogP contribution >= 0.6 is 23.2 Å². The first-order valence-electron chi connectivity index (χ1n) is 5.68. The molecule has 0 aliphatic rings. The first-order chi connectivity index (χ1) is 10.0. The summed E-state index contributed by atoms with van der Waals surface area (Å²) in [5.74, 6) is 0. The minimum atomic E-state index is -0.574. The Kier molecular flexibility index (Phi) is 4.53. The molecular weight excluding hydrogens is 313 g/mol. The molecule has 0 radical (unpaired) electrons. The largest absolute Gasteiger partial charge is 0.271 e. The normalized spacial score (nSPS) is 11.5. The lowest BCUT2D eigenvalue weighted by Gasteiger charge is -2.05. The molecule has 2 aromatic rings. The van der Waals surface area contributed by atoms with Crippen molar-refractivity contribution in [3.63, 3.8) is 0 Å². The van der Waals surface area contributed by atoms with E-state index in [9.17, 15) is 15.4 Å². The van der Waals surface area contributed by atoms with E-state index in [0.29, 0.717) is 11.1 Å². The third-order valence-corrected chi connectivity index (χ3v) is 3.25. The number of halogens is 2. The van der Waals surface area contributed by atoms with Gasteiger partial charge in [0, 0.05) is 40.7 Å². The topological polar surface area (TPSA) is 79.8 Å². The smallest absolute Gasteiger partial charge is 0.264 e. The maximum Gasteiger partial charge on any atom is 0.271 e. The zero-order valence-corrected chi connectivity index (χ0v) is 12.0. The lowest BCUT2D eigenvalue weighted by molar-refractivity contribution is -0.384. The van der Waals surface area contributed by atoms with Crippen LogP contribution in [0.4, 0.5) is 5.69 Å². The fourth-order valence-corrected chi connectivity index (χ4v) is 2.19. The Morgan fingerprint density at radius 3 is 2.67 bits per heavy atom. The highest BCUT2D eigenvalue weighted by molar-refractivity contribution is 6.53. The first kappa shape index (κ1) is 15.0. The number of pyridine rings is 1. The molecule has 0 fully saturated rings. The molecule has 0 saturated carbocycles. The molecule has 0 aliphatic heterocycles. The van der Waals surface area contributed by atoms with Crippen LogP contribution in [0, 0.1) is 21.4 Å².